The van der Waals surface area contributed by atoms with Gasteiger partial charge in [-0.05, 0) is 38.5 Å². The van der Waals surface area contributed by atoms with Gasteiger partial charge in [0, 0.05) is 18.3 Å². The molecule has 1 aromatic heterocycles. The minimum atomic E-state index is -0.178. The number of rotatable bonds is 8. The largest absolute Gasteiger partial charge is 0.350 e. The van der Waals surface area contributed by atoms with Gasteiger partial charge in [0.25, 0.3) is 0 Å². The average Bonchev–Trinajstić information content (AvgIpc) is 2.54. The summed E-state index contributed by atoms with van der Waals surface area (Å²) in [5, 5.41) is 0. The van der Waals surface area contributed by atoms with Gasteiger partial charge in [0.1, 0.15) is 13.5 Å². The Morgan fingerprint density at radius 2 is 1.78 bits per heavy atom. The van der Waals surface area contributed by atoms with E-state index in [2.05, 4.69) is 40.1 Å². The smallest absolute Gasteiger partial charge is 0.149 e. The van der Waals surface area contributed by atoms with Crippen LogP contribution >= 0.6 is 0 Å². The zero-order valence-electron chi connectivity index (χ0n) is 14.0. The van der Waals surface area contributed by atoms with Gasteiger partial charge in [-0.1, -0.05) is 30.3 Å². The quantitative estimate of drug-likeness (QED) is 0.445. The summed E-state index contributed by atoms with van der Waals surface area (Å²) in [6.45, 7) is 7.37. The molecule has 0 saturated carbocycles. The molecule has 0 bridgehead atoms. The molecule has 5 heteroatoms. The van der Waals surface area contributed by atoms with Gasteiger partial charge in [-0.2, -0.15) is 0 Å². The van der Waals surface area contributed by atoms with Crippen LogP contribution in [0.3, 0.4) is 0 Å². The monoisotopic (exact) mass is 315 g/mol. The van der Waals surface area contributed by atoms with Crippen molar-refractivity contribution in [1.82, 2.24) is 15.8 Å². The van der Waals surface area contributed by atoms with E-state index in [9.17, 15) is 0 Å². The number of hydrazine groups is 1. The van der Waals surface area contributed by atoms with Crippen LogP contribution in [0.25, 0.3) is 11.3 Å². The lowest BCUT2D eigenvalue weighted by atomic mass is 10.1. The molecule has 1 aromatic carbocycles. The lowest BCUT2D eigenvalue weighted by molar-refractivity contribution is -0.124. The number of aromatic nitrogens is 1. The van der Waals surface area contributed by atoms with Gasteiger partial charge < -0.3 is 9.47 Å². The summed E-state index contributed by atoms with van der Waals surface area (Å²) in [5.74, 6) is 0. The first-order chi connectivity index (χ1) is 11.0. The third-order valence-electron chi connectivity index (χ3n) is 3.08. The first-order valence-corrected chi connectivity index (χ1v) is 7.72. The van der Waals surface area contributed by atoms with Crippen LogP contribution in [-0.2, 0) is 16.0 Å². The number of hydrogen-bond acceptors (Lipinski definition) is 5. The third-order valence-corrected chi connectivity index (χ3v) is 3.08. The van der Waals surface area contributed by atoms with E-state index in [1.54, 1.807) is 6.20 Å². The molecule has 5 nitrogen and oxygen atoms in total. The molecule has 0 aliphatic carbocycles. The molecule has 0 spiro atoms. The van der Waals surface area contributed by atoms with Gasteiger partial charge in [0.2, 0.25) is 0 Å². The van der Waals surface area contributed by atoms with Crippen molar-refractivity contribution in [2.75, 3.05) is 13.5 Å². The van der Waals surface area contributed by atoms with E-state index >= 15 is 0 Å². The SMILES string of the molecule is CC(C)(C)OCOCNNCc1ccc(-c2ccccn2)cc1. The van der Waals surface area contributed by atoms with Gasteiger partial charge in [-0.15, -0.1) is 0 Å². The molecule has 0 aliphatic heterocycles. The molecule has 0 aliphatic rings. The number of ether oxygens (including phenoxy) is 2. The summed E-state index contributed by atoms with van der Waals surface area (Å²) in [4.78, 5) is 4.34. The number of hydrogen-bond donors (Lipinski definition) is 2. The fourth-order valence-corrected chi connectivity index (χ4v) is 1.85. The normalized spacial score (nSPS) is 11.6. The highest BCUT2D eigenvalue weighted by molar-refractivity contribution is 5.58. The fraction of sp³-hybridized carbons (Fsp3) is 0.389. The van der Waals surface area contributed by atoms with E-state index in [-0.39, 0.29) is 12.4 Å². The van der Waals surface area contributed by atoms with E-state index in [0.29, 0.717) is 13.3 Å². The van der Waals surface area contributed by atoms with E-state index in [0.717, 1.165) is 11.3 Å². The molecular weight excluding hydrogens is 290 g/mol. The molecule has 124 valence electrons. The second-order valence-corrected chi connectivity index (χ2v) is 6.17. The molecule has 1 heterocycles. The van der Waals surface area contributed by atoms with E-state index < -0.39 is 0 Å². The Kier molecular flexibility index (Phi) is 6.67. The Balaban J connectivity index is 1.65. The average molecular weight is 315 g/mol. The van der Waals surface area contributed by atoms with Crippen LogP contribution in [0.2, 0.25) is 0 Å². The standard InChI is InChI=1S/C18H25N3O2/c1-18(2,3)23-14-22-13-21-20-12-15-7-9-16(10-8-15)17-6-4-5-11-19-17/h4-11,20-21H,12-14H2,1-3H3. The molecule has 23 heavy (non-hydrogen) atoms. The number of benzene rings is 1. The minimum absolute atomic E-state index is 0.178. The number of pyridine rings is 1. The van der Waals surface area contributed by atoms with Crippen LogP contribution in [0.15, 0.2) is 48.7 Å². The Hall–Kier alpha value is -1.79. The predicted octanol–water partition coefficient (Wildman–Crippen LogP) is 3.09. The van der Waals surface area contributed by atoms with Crippen LogP contribution in [0.4, 0.5) is 0 Å². The highest BCUT2D eigenvalue weighted by Crippen LogP contribution is 2.16. The lowest BCUT2D eigenvalue weighted by Gasteiger charge is -2.19. The Morgan fingerprint density at radius 1 is 1.00 bits per heavy atom. The van der Waals surface area contributed by atoms with Crippen molar-refractivity contribution >= 4 is 0 Å². The summed E-state index contributed by atoms with van der Waals surface area (Å²) in [5.41, 5.74) is 9.22. The zero-order valence-corrected chi connectivity index (χ0v) is 14.0. The van der Waals surface area contributed by atoms with E-state index in [1.165, 1.54) is 5.56 Å². The molecular formula is C18H25N3O2. The highest BCUT2D eigenvalue weighted by atomic mass is 16.7. The Bertz CT molecular complexity index is 565. The zero-order chi connectivity index (χ0) is 16.5. The molecule has 2 N–H and O–H groups in total. The first kappa shape index (κ1) is 17.6. The van der Waals surface area contributed by atoms with Crippen LogP contribution in [-0.4, -0.2) is 24.1 Å². The van der Waals surface area contributed by atoms with Crippen molar-refractivity contribution in [3.8, 4) is 11.3 Å². The maximum atomic E-state index is 5.45. The van der Waals surface area contributed by atoms with E-state index in [4.69, 9.17) is 9.47 Å². The molecule has 0 unspecified atom stereocenters. The topological polar surface area (TPSA) is 55.4 Å². The van der Waals surface area contributed by atoms with Gasteiger partial charge in [0.05, 0.1) is 11.3 Å². The summed E-state index contributed by atoms with van der Waals surface area (Å²) in [7, 11) is 0. The maximum absolute atomic E-state index is 5.45. The fourth-order valence-electron chi connectivity index (χ4n) is 1.85. The molecule has 0 fully saturated rings. The van der Waals surface area contributed by atoms with Crippen LogP contribution < -0.4 is 10.9 Å². The van der Waals surface area contributed by atoms with Crippen molar-refractivity contribution in [1.29, 1.82) is 0 Å². The summed E-state index contributed by atoms with van der Waals surface area (Å²) < 4.78 is 10.8. The molecule has 2 aromatic rings. The van der Waals surface area contributed by atoms with Crippen molar-refractivity contribution in [2.24, 2.45) is 0 Å². The third kappa shape index (κ3) is 6.88. The van der Waals surface area contributed by atoms with Crippen molar-refractivity contribution in [2.45, 2.75) is 32.9 Å². The van der Waals surface area contributed by atoms with Gasteiger partial charge in [0.15, 0.2) is 0 Å². The lowest BCUT2D eigenvalue weighted by Crippen LogP contribution is -2.34. The minimum Gasteiger partial charge on any atom is -0.350 e. The van der Waals surface area contributed by atoms with Crippen molar-refractivity contribution in [3.63, 3.8) is 0 Å². The van der Waals surface area contributed by atoms with Gasteiger partial charge in [-0.25, -0.2) is 5.43 Å². The number of nitrogens with zero attached hydrogens (tertiary/aromatic N) is 1. The second kappa shape index (κ2) is 8.74. The molecule has 0 amide bonds. The summed E-state index contributed by atoms with van der Waals surface area (Å²) in [6.07, 6.45) is 1.80. The van der Waals surface area contributed by atoms with Crippen molar-refractivity contribution in [3.05, 3.63) is 54.2 Å². The van der Waals surface area contributed by atoms with E-state index in [1.807, 2.05) is 39.0 Å². The summed E-state index contributed by atoms with van der Waals surface area (Å²) >= 11 is 0. The molecule has 0 saturated heterocycles. The van der Waals surface area contributed by atoms with Crippen LogP contribution in [0, 0.1) is 0 Å². The summed E-state index contributed by atoms with van der Waals surface area (Å²) in [6, 6.07) is 14.2. The molecule has 0 radical (unpaired) electrons. The molecule has 0 atom stereocenters. The Labute approximate surface area is 138 Å². The van der Waals surface area contributed by atoms with Crippen LogP contribution in [0.1, 0.15) is 26.3 Å². The van der Waals surface area contributed by atoms with Crippen LogP contribution in [0.5, 0.6) is 0 Å². The highest BCUT2D eigenvalue weighted by Gasteiger charge is 2.08. The predicted molar refractivity (Wildman–Crippen MR) is 91.3 cm³/mol. The second-order valence-electron chi connectivity index (χ2n) is 6.17. The maximum Gasteiger partial charge on any atom is 0.149 e. The first-order valence-electron chi connectivity index (χ1n) is 7.72. The van der Waals surface area contributed by atoms with Gasteiger partial charge in [-0.3, -0.25) is 10.4 Å². The molecule has 2 rings (SSSR count). The Morgan fingerprint density at radius 3 is 2.43 bits per heavy atom. The van der Waals surface area contributed by atoms with Crippen molar-refractivity contribution < 1.29 is 9.47 Å². The number of nitrogens with one attached hydrogen (secondary N) is 2. The van der Waals surface area contributed by atoms with Gasteiger partial charge >= 0.3 is 0 Å².